The summed E-state index contributed by atoms with van der Waals surface area (Å²) in [4.78, 5) is 12.2. The predicted molar refractivity (Wildman–Crippen MR) is 100 cm³/mol. The number of aryl methyl sites for hydroxylation is 1. The van der Waals surface area contributed by atoms with Gasteiger partial charge >= 0.3 is 0 Å². The number of nitrogens with one attached hydrogen (secondary N) is 1. The number of benzene rings is 2. The van der Waals surface area contributed by atoms with Crippen LogP contribution in [0.15, 0.2) is 48.5 Å². The summed E-state index contributed by atoms with van der Waals surface area (Å²) in [5.41, 5.74) is 2.13. The molecule has 0 aromatic heterocycles. The van der Waals surface area contributed by atoms with E-state index < -0.39 is 0 Å². The van der Waals surface area contributed by atoms with Crippen molar-refractivity contribution in [1.82, 2.24) is 5.32 Å². The Morgan fingerprint density at radius 1 is 1.04 bits per heavy atom. The number of rotatable bonds is 8. The molecular weight excluding hydrogens is 314 g/mol. The summed E-state index contributed by atoms with van der Waals surface area (Å²) in [7, 11) is 1.64. The maximum absolute atomic E-state index is 12.2. The van der Waals surface area contributed by atoms with Crippen LogP contribution in [0.4, 0.5) is 0 Å². The van der Waals surface area contributed by atoms with Gasteiger partial charge in [0.1, 0.15) is 11.5 Å². The Labute approximate surface area is 150 Å². The van der Waals surface area contributed by atoms with E-state index in [-0.39, 0.29) is 18.1 Å². The number of hydrogen-bond acceptors (Lipinski definition) is 3. The minimum Gasteiger partial charge on any atom is -0.497 e. The second kappa shape index (κ2) is 9.11. The molecule has 2 aromatic carbocycles. The number of hydrogen-bond donors (Lipinski definition) is 1. The Kier molecular flexibility index (Phi) is 6.87. The zero-order valence-electron chi connectivity index (χ0n) is 15.4. The smallest absolute Gasteiger partial charge is 0.220 e. The van der Waals surface area contributed by atoms with Gasteiger partial charge in [-0.2, -0.15) is 0 Å². The van der Waals surface area contributed by atoms with Crippen LogP contribution < -0.4 is 14.8 Å². The number of amides is 1. The minimum atomic E-state index is -0.0616. The average molecular weight is 341 g/mol. The van der Waals surface area contributed by atoms with Gasteiger partial charge < -0.3 is 14.8 Å². The van der Waals surface area contributed by atoms with Crippen LogP contribution in [0, 0.1) is 0 Å². The fraction of sp³-hybridized carbons (Fsp3) is 0.381. The molecule has 0 fully saturated rings. The molecule has 0 aliphatic carbocycles. The maximum atomic E-state index is 12.2. The maximum Gasteiger partial charge on any atom is 0.220 e. The fourth-order valence-electron chi connectivity index (χ4n) is 2.61. The molecule has 1 atom stereocenters. The Morgan fingerprint density at radius 2 is 1.76 bits per heavy atom. The molecular formula is C21H27NO3. The predicted octanol–water partition coefficient (Wildman–Crippen LogP) is 4.29. The zero-order valence-corrected chi connectivity index (χ0v) is 15.4. The van der Waals surface area contributed by atoms with Crippen LogP contribution in [0.3, 0.4) is 0 Å². The van der Waals surface area contributed by atoms with Gasteiger partial charge in [0.05, 0.1) is 19.3 Å². The van der Waals surface area contributed by atoms with Crippen LogP contribution >= 0.6 is 0 Å². The van der Waals surface area contributed by atoms with E-state index in [1.165, 1.54) is 0 Å². The molecule has 0 saturated carbocycles. The van der Waals surface area contributed by atoms with Gasteiger partial charge in [0.25, 0.3) is 0 Å². The molecule has 0 bridgehead atoms. The lowest BCUT2D eigenvalue weighted by Crippen LogP contribution is -2.26. The van der Waals surface area contributed by atoms with E-state index in [9.17, 15) is 4.79 Å². The monoisotopic (exact) mass is 341 g/mol. The van der Waals surface area contributed by atoms with E-state index in [0.29, 0.717) is 12.8 Å². The molecule has 0 aliphatic heterocycles. The van der Waals surface area contributed by atoms with Gasteiger partial charge in [-0.15, -0.1) is 0 Å². The number of ether oxygens (including phenoxy) is 2. The number of carbonyl (C=O) groups excluding carboxylic acids is 1. The first-order valence-electron chi connectivity index (χ1n) is 8.67. The molecule has 134 valence electrons. The summed E-state index contributed by atoms with van der Waals surface area (Å²) in [6, 6.07) is 15.6. The van der Waals surface area contributed by atoms with E-state index in [1.54, 1.807) is 7.11 Å². The molecule has 0 aliphatic rings. The molecule has 0 heterocycles. The molecule has 2 aromatic rings. The highest BCUT2D eigenvalue weighted by Crippen LogP contribution is 2.20. The summed E-state index contributed by atoms with van der Waals surface area (Å²) in [5, 5.41) is 3.05. The van der Waals surface area contributed by atoms with Gasteiger partial charge in [-0.25, -0.2) is 0 Å². The van der Waals surface area contributed by atoms with Gasteiger partial charge in [0.2, 0.25) is 5.91 Å². The Balaban J connectivity index is 1.89. The van der Waals surface area contributed by atoms with E-state index >= 15 is 0 Å². The molecule has 4 nitrogen and oxygen atoms in total. The van der Waals surface area contributed by atoms with Crippen molar-refractivity contribution in [1.29, 1.82) is 0 Å². The lowest BCUT2D eigenvalue weighted by Gasteiger charge is -2.16. The van der Waals surface area contributed by atoms with Crippen molar-refractivity contribution in [2.24, 2.45) is 0 Å². The van der Waals surface area contributed by atoms with E-state index in [1.807, 2.05) is 69.3 Å². The second-order valence-corrected chi connectivity index (χ2v) is 6.38. The molecule has 25 heavy (non-hydrogen) atoms. The van der Waals surface area contributed by atoms with E-state index in [0.717, 1.165) is 22.6 Å². The highest BCUT2D eigenvalue weighted by molar-refractivity contribution is 5.76. The highest BCUT2D eigenvalue weighted by Gasteiger charge is 2.11. The van der Waals surface area contributed by atoms with Crippen molar-refractivity contribution in [2.75, 3.05) is 7.11 Å². The molecule has 0 radical (unpaired) electrons. The first-order chi connectivity index (χ1) is 12.0. The van der Waals surface area contributed by atoms with Gasteiger partial charge in [-0.3, -0.25) is 4.79 Å². The van der Waals surface area contributed by atoms with Gasteiger partial charge in [-0.05, 0) is 62.6 Å². The van der Waals surface area contributed by atoms with Crippen molar-refractivity contribution in [2.45, 2.75) is 45.8 Å². The SMILES string of the molecule is COc1cccc(CCC(=O)NC(C)c2cccc(OC(C)C)c2)c1. The fourth-order valence-corrected chi connectivity index (χ4v) is 2.61. The van der Waals surface area contributed by atoms with Crippen molar-refractivity contribution < 1.29 is 14.3 Å². The van der Waals surface area contributed by atoms with Crippen LogP contribution in [-0.4, -0.2) is 19.1 Å². The second-order valence-electron chi connectivity index (χ2n) is 6.38. The van der Waals surface area contributed by atoms with Gasteiger partial charge in [0, 0.05) is 6.42 Å². The third-order valence-electron chi connectivity index (χ3n) is 3.88. The summed E-state index contributed by atoms with van der Waals surface area (Å²) >= 11 is 0. The van der Waals surface area contributed by atoms with Crippen molar-refractivity contribution in [3.63, 3.8) is 0 Å². The van der Waals surface area contributed by atoms with E-state index in [4.69, 9.17) is 9.47 Å². The lowest BCUT2D eigenvalue weighted by atomic mass is 10.1. The summed E-state index contributed by atoms with van der Waals surface area (Å²) in [6.07, 6.45) is 1.26. The third kappa shape index (κ3) is 6.14. The quantitative estimate of drug-likeness (QED) is 0.779. The topological polar surface area (TPSA) is 47.6 Å². The Morgan fingerprint density at radius 3 is 2.48 bits per heavy atom. The standard InChI is InChI=1S/C21H27NO3/c1-15(2)25-20-10-6-8-18(14-20)16(3)22-21(23)12-11-17-7-5-9-19(13-17)24-4/h5-10,13-16H,11-12H2,1-4H3,(H,22,23). The highest BCUT2D eigenvalue weighted by atomic mass is 16.5. The first kappa shape index (κ1) is 18.8. The van der Waals surface area contributed by atoms with Crippen LogP contribution in [0.5, 0.6) is 11.5 Å². The normalized spacial score (nSPS) is 11.9. The molecule has 1 unspecified atom stereocenters. The van der Waals surface area contributed by atoms with Crippen LogP contribution in [0.25, 0.3) is 0 Å². The van der Waals surface area contributed by atoms with Crippen LogP contribution in [-0.2, 0) is 11.2 Å². The summed E-state index contributed by atoms with van der Waals surface area (Å²) in [5.74, 6) is 1.67. The molecule has 0 saturated heterocycles. The average Bonchev–Trinajstić information content (AvgIpc) is 2.60. The summed E-state index contributed by atoms with van der Waals surface area (Å²) in [6.45, 7) is 5.98. The first-order valence-corrected chi connectivity index (χ1v) is 8.67. The minimum absolute atomic E-state index is 0.0329. The Hall–Kier alpha value is -2.49. The molecule has 1 N–H and O–H groups in total. The molecule has 1 amide bonds. The molecule has 4 heteroatoms. The molecule has 0 spiro atoms. The van der Waals surface area contributed by atoms with E-state index in [2.05, 4.69) is 5.32 Å². The summed E-state index contributed by atoms with van der Waals surface area (Å²) < 4.78 is 10.9. The van der Waals surface area contributed by atoms with Gasteiger partial charge in [0.15, 0.2) is 0 Å². The number of carbonyl (C=O) groups is 1. The largest absolute Gasteiger partial charge is 0.497 e. The van der Waals surface area contributed by atoms with Gasteiger partial charge in [-0.1, -0.05) is 24.3 Å². The van der Waals surface area contributed by atoms with Crippen LogP contribution in [0.1, 0.15) is 44.4 Å². The number of methoxy groups -OCH3 is 1. The Bertz CT molecular complexity index is 697. The van der Waals surface area contributed by atoms with Crippen molar-refractivity contribution in [3.8, 4) is 11.5 Å². The van der Waals surface area contributed by atoms with Crippen molar-refractivity contribution >= 4 is 5.91 Å². The molecule has 2 rings (SSSR count). The zero-order chi connectivity index (χ0) is 18.2. The lowest BCUT2D eigenvalue weighted by molar-refractivity contribution is -0.121. The van der Waals surface area contributed by atoms with Crippen molar-refractivity contribution in [3.05, 3.63) is 59.7 Å². The third-order valence-corrected chi connectivity index (χ3v) is 3.88. The van der Waals surface area contributed by atoms with Crippen LogP contribution in [0.2, 0.25) is 0 Å².